The number of amides is 1. The quantitative estimate of drug-likeness (QED) is 0.556. The number of nitrogens with one attached hydrogen (secondary N) is 1. The van der Waals surface area contributed by atoms with Crippen LogP contribution in [0.5, 0.6) is 0 Å². The Kier molecular flexibility index (Phi) is 6.85. The van der Waals surface area contributed by atoms with Crippen molar-refractivity contribution in [2.24, 2.45) is 5.92 Å². The van der Waals surface area contributed by atoms with E-state index in [0.717, 1.165) is 5.56 Å². The van der Waals surface area contributed by atoms with Crippen LogP contribution >= 0.6 is 23.2 Å². The molecule has 0 bridgehead atoms. The molecule has 10 heteroatoms. The Hall–Kier alpha value is -2.39. The number of hydrogen-bond donors (Lipinski definition) is 1. The molecule has 4 rings (SSSR count). The molecule has 168 valence electrons. The second kappa shape index (κ2) is 9.62. The molecule has 32 heavy (non-hydrogen) atoms. The third-order valence-electron chi connectivity index (χ3n) is 5.42. The lowest BCUT2D eigenvalue weighted by atomic mass is 9.97. The monoisotopic (exact) mass is 492 g/mol. The molecule has 0 aliphatic carbocycles. The number of carbonyl (C=O) groups excluding carboxylic acids is 1. The number of rotatable bonds is 6. The number of anilines is 1. The molecule has 2 heterocycles. The summed E-state index contributed by atoms with van der Waals surface area (Å²) in [5, 5.41) is 8.16. The van der Waals surface area contributed by atoms with Crippen LogP contribution < -0.4 is 5.32 Å². The molecule has 1 aromatic heterocycles. The maximum absolute atomic E-state index is 12.8. The highest BCUT2D eigenvalue weighted by Gasteiger charge is 2.32. The van der Waals surface area contributed by atoms with Gasteiger partial charge in [-0.1, -0.05) is 53.5 Å². The van der Waals surface area contributed by atoms with E-state index in [1.165, 1.54) is 4.31 Å². The second-order valence-electron chi connectivity index (χ2n) is 7.63. The van der Waals surface area contributed by atoms with Crippen LogP contribution in [0.2, 0.25) is 10.0 Å². The highest BCUT2D eigenvalue weighted by atomic mass is 35.5. The van der Waals surface area contributed by atoms with Gasteiger partial charge in [0.1, 0.15) is 5.02 Å². The van der Waals surface area contributed by atoms with Crippen LogP contribution in [0.25, 0.3) is 0 Å². The van der Waals surface area contributed by atoms with Gasteiger partial charge in [0.25, 0.3) is 0 Å². The molecular formula is C22H22Cl2N4O3S. The Morgan fingerprint density at radius 1 is 1.03 bits per heavy atom. The number of nitrogens with zero attached hydrogens (tertiary/aromatic N) is 3. The zero-order valence-electron chi connectivity index (χ0n) is 17.1. The fourth-order valence-corrected chi connectivity index (χ4v) is 5.47. The third kappa shape index (κ3) is 5.15. The molecule has 0 spiro atoms. The largest absolute Gasteiger partial charge is 0.308 e. The fourth-order valence-electron chi connectivity index (χ4n) is 3.66. The zero-order valence-corrected chi connectivity index (χ0v) is 19.4. The number of sulfonamides is 1. The van der Waals surface area contributed by atoms with Crippen molar-refractivity contribution >= 4 is 45.0 Å². The summed E-state index contributed by atoms with van der Waals surface area (Å²) in [6.45, 7) is 1.06. The van der Waals surface area contributed by atoms with Crippen LogP contribution in [-0.2, 0) is 21.4 Å². The van der Waals surface area contributed by atoms with E-state index >= 15 is 0 Å². The Balaban J connectivity index is 1.35. The molecule has 0 atom stereocenters. The van der Waals surface area contributed by atoms with E-state index in [2.05, 4.69) is 10.4 Å². The van der Waals surface area contributed by atoms with E-state index in [1.54, 1.807) is 53.3 Å². The van der Waals surface area contributed by atoms with Crippen LogP contribution in [0, 0.1) is 5.92 Å². The van der Waals surface area contributed by atoms with E-state index in [4.69, 9.17) is 23.2 Å². The lowest BCUT2D eigenvalue weighted by Gasteiger charge is -2.30. The van der Waals surface area contributed by atoms with Gasteiger partial charge in [-0.2, -0.15) is 9.40 Å². The Labute approximate surface area is 197 Å². The van der Waals surface area contributed by atoms with Crippen LogP contribution in [0.1, 0.15) is 18.4 Å². The van der Waals surface area contributed by atoms with E-state index in [9.17, 15) is 13.2 Å². The van der Waals surface area contributed by atoms with Crippen molar-refractivity contribution in [3.8, 4) is 0 Å². The van der Waals surface area contributed by atoms with Crippen LogP contribution in [-0.4, -0.2) is 41.5 Å². The molecule has 0 radical (unpaired) electrons. The smallest absolute Gasteiger partial charge is 0.243 e. The summed E-state index contributed by atoms with van der Waals surface area (Å²) in [5.74, 6) is -0.222. The van der Waals surface area contributed by atoms with Crippen LogP contribution in [0.4, 0.5) is 5.82 Å². The molecule has 0 saturated carbocycles. The molecule has 7 nitrogen and oxygen atoms in total. The first-order chi connectivity index (χ1) is 15.3. The molecule has 1 aliphatic rings. The average molecular weight is 493 g/mol. The summed E-state index contributed by atoms with van der Waals surface area (Å²) >= 11 is 12.2. The number of piperidine rings is 1. The summed E-state index contributed by atoms with van der Waals surface area (Å²) in [5.41, 5.74) is 0.999. The molecule has 1 amide bonds. The molecule has 1 aliphatic heterocycles. The minimum Gasteiger partial charge on any atom is -0.308 e. The summed E-state index contributed by atoms with van der Waals surface area (Å²) in [7, 11) is -3.55. The van der Waals surface area contributed by atoms with E-state index in [0.29, 0.717) is 35.2 Å². The minimum atomic E-state index is -3.55. The van der Waals surface area contributed by atoms with Gasteiger partial charge in [-0.25, -0.2) is 8.42 Å². The Morgan fingerprint density at radius 2 is 1.69 bits per heavy atom. The minimum absolute atomic E-state index is 0.208. The van der Waals surface area contributed by atoms with Gasteiger partial charge in [-0.15, -0.1) is 0 Å². The normalized spacial score (nSPS) is 15.6. The van der Waals surface area contributed by atoms with Crippen molar-refractivity contribution in [2.45, 2.75) is 24.3 Å². The maximum atomic E-state index is 12.8. The maximum Gasteiger partial charge on any atom is 0.243 e. The molecule has 1 fully saturated rings. The number of benzene rings is 2. The molecule has 1 saturated heterocycles. The summed E-state index contributed by atoms with van der Waals surface area (Å²) < 4.78 is 28.6. The van der Waals surface area contributed by atoms with Gasteiger partial charge in [0.2, 0.25) is 15.9 Å². The van der Waals surface area contributed by atoms with E-state index in [-0.39, 0.29) is 29.8 Å². The van der Waals surface area contributed by atoms with E-state index < -0.39 is 10.0 Å². The first-order valence-electron chi connectivity index (χ1n) is 10.2. The average Bonchev–Trinajstić information content (AvgIpc) is 3.14. The lowest BCUT2D eigenvalue weighted by molar-refractivity contribution is -0.120. The predicted molar refractivity (Wildman–Crippen MR) is 124 cm³/mol. The molecule has 1 N–H and O–H groups in total. The van der Waals surface area contributed by atoms with Gasteiger partial charge in [-0.05, 0) is 42.7 Å². The van der Waals surface area contributed by atoms with Crippen molar-refractivity contribution in [3.63, 3.8) is 0 Å². The first-order valence-corrected chi connectivity index (χ1v) is 12.4. The summed E-state index contributed by atoms with van der Waals surface area (Å²) in [6, 6.07) is 15.7. The predicted octanol–water partition coefficient (Wildman–Crippen LogP) is 4.28. The van der Waals surface area contributed by atoms with Gasteiger partial charge in [0.15, 0.2) is 5.82 Å². The van der Waals surface area contributed by atoms with E-state index in [1.807, 2.05) is 12.1 Å². The number of carbonyl (C=O) groups is 1. The Bertz CT molecular complexity index is 1190. The third-order valence-corrected chi connectivity index (χ3v) is 7.86. The van der Waals surface area contributed by atoms with Gasteiger partial charge >= 0.3 is 0 Å². The molecule has 0 unspecified atom stereocenters. The fraction of sp³-hybridized carbons (Fsp3) is 0.273. The second-order valence-corrected chi connectivity index (χ2v) is 10.4. The van der Waals surface area contributed by atoms with Gasteiger partial charge in [0, 0.05) is 30.2 Å². The molecule has 2 aromatic carbocycles. The van der Waals surface area contributed by atoms with Crippen molar-refractivity contribution < 1.29 is 13.2 Å². The topological polar surface area (TPSA) is 84.3 Å². The van der Waals surface area contributed by atoms with Crippen molar-refractivity contribution in [2.75, 3.05) is 18.4 Å². The highest BCUT2D eigenvalue weighted by Crippen LogP contribution is 2.26. The highest BCUT2D eigenvalue weighted by molar-refractivity contribution is 7.89. The first kappa shape index (κ1) is 22.8. The van der Waals surface area contributed by atoms with Crippen LogP contribution in [0.3, 0.4) is 0 Å². The van der Waals surface area contributed by atoms with Crippen molar-refractivity contribution in [3.05, 3.63) is 76.4 Å². The van der Waals surface area contributed by atoms with Gasteiger partial charge < -0.3 is 5.32 Å². The standard InChI is InChI=1S/C22H22Cl2N4O3S/c23-18-8-6-16(7-9-18)14-27-15-20(24)21(26-27)25-22(29)17-10-12-28(13-11-17)32(30,31)19-4-2-1-3-5-19/h1-9,15,17H,10-14H2,(H,25,26,29). The summed E-state index contributed by atoms with van der Waals surface area (Å²) in [4.78, 5) is 13.0. The summed E-state index contributed by atoms with van der Waals surface area (Å²) in [6.07, 6.45) is 2.52. The lowest BCUT2D eigenvalue weighted by Crippen LogP contribution is -2.41. The van der Waals surface area contributed by atoms with Gasteiger partial charge in [-0.3, -0.25) is 9.48 Å². The zero-order chi connectivity index (χ0) is 22.7. The SMILES string of the molecule is O=C(Nc1nn(Cc2ccc(Cl)cc2)cc1Cl)C1CCN(S(=O)(=O)c2ccccc2)CC1. The molecule has 3 aromatic rings. The number of halogens is 2. The number of hydrogen-bond acceptors (Lipinski definition) is 4. The van der Waals surface area contributed by atoms with Crippen molar-refractivity contribution in [1.29, 1.82) is 0 Å². The van der Waals surface area contributed by atoms with Crippen LogP contribution in [0.15, 0.2) is 65.7 Å². The Morgan fingerprint density at radius 3 is 2.34 bits per heavy atom. The number of aromatic nitrogens is 2. The molecular weight excluding hydrogens is 471 g/mol. The van der Waals surface area contributed by atoms with Crippen molar-refractivity contribution in [1.82, 2.24) is 14.1 Å². The van der Waals surface area contributed by atoms with Gasteiger partial charge in [0.05, 0.1) is 11.4 Å².